The molecule has 4 heteroatoms. The molecule has 0 saturated carbocycles. The molecule has 1 fully saturated rings. The van der Waals surface area contributed by atoms with E-state index in [-0.39, 0.29) is 12.3 Å². The lowest BCUT2D eigenvalue weighted by Crippen LogP contribution is -2.11. The molecule has 1 aliphatic heterocycles. The molecule has 1 saturated heterocycles. The maximum Gasteiger partial charge on any atom is 0.305 e. The molecule has 0 radical (unpaired) electrons. The lowest BCUT2D eigenvalue weighted by Gasteiger charge is -2.10. The fraction of sp³-hybridized carbons (Fsp3) is 0.909. The molecule has 0 bridgehead atoms. The predicted molar refractivity (Wildman–Crippen MR) is 55.4 cm³/mol. The van der Waals surface area contributed by atoms with Crippen molar-refractivity contribution in [1.29, 1.82) is 0 Å². The second kappa shape index (κ2) is 7.65. The third-order valence-corrected chi connectivity index (χ3v) is 2.44. The number of unbranched alkanes of at least 4 members (excludes halogenated alkanes) is 2. The van der Waals surface area contributed by atoms with Gasteiger partial charge >= 0.3 is 5.97 Å². The second-order valence-electron chi connectivity index (χ2n) is 3.70. The van der Waals surface area contributed by atoms with Gasteiger partial charge in [0.05, 0.1) is 7.11 Å². The van der Waals surface area contributed by atoms with Crippen LogP contribution in [0.25, 0.3) is 0 Å². The zero-order valence-corrected chi connectivity index (χ0v) is 9.37. The standard InChI is InChI=1S/C11H20O4/c1-13-10(12)6-3-2-4-8-14-11-7-5-9-15-11/h11H,2-9H2,1H3. The lowest BCUT2D eigenvalue weighted by molar-refractivity contribution is -0.140. The van der Waals surface area contributed by atoms with Crippen LogP contribution in [-0.2, 0) is 19.0 Å². The van der Waals surface area contributed by atoms with Gasteiger partial charge in [-0.25, -0.2) is 0 Å². The van der Waals surface area contributed by atoms with Gasteiger partial charge in [-0.1, -0.05) is 6.42 Å². The van der Waals surface area contributed by atoms with Gasteiger partial charge in [-0.3, -0.25) is 4.79 Å². The van der Waals surface area contributed by atoms with Crippen molar-refractivity contribution in [2.75, 3.05) is 20.3 Å². The fourth-order valence-electron chi connectivity index (χ4n) is 1.54. The first-order chi connectivity index (χ1) is 7.33. The molecule has 15 heavy (non-hydrogen) atoms. The summed E-state index contributed by atoms with van der Waals surface area (Å²) in [5, 5.41) is 0. The summed E-state index contributed by atoms with van der Waals surface area (Å²) in [5.41, 5.74) is 0. The van der Waals surface area contributed by atoms with Crippen molar-refractivity contribution in [3.05, 3.63) is 0 Å². The number of esters is 1. The molecule has 0 aliphatic carbocycles. The van der Waals surface area contributed by atoms with Crippen LogP contribution in [-0.4, -0.2) is 32.6 Å². The molecule has 88 valence electrons. The highest BCUT2D eigenvalue weighted by Gasteiger charge is 2.14. The highest BCUT2D eigenvalue weighted by atomic mass is 16.7. The molecule has 1 atom stereocenters. The topological polar surface area (TPSA) is 44.8 Å². The summed E-state index contributed by atoms with van der Waals surface area (Å²) in [6.45, 7) is 1.55. The van der Waals surface area contributed by atoms with Gasteiger partial charge in [-0.2, -0.15) is 0 Å². The Kier molecular flexibility index (Phi) is 6.36. The van der Waals surface area contributed by atoms with Gasteiger partial charge in [0.25, 0.3) is 0 Å². The zero-order chi connectivity index (χ0) is 10.9. The van der Waals surface area contributed by atoms with Gasteiger partial charge in [0.15, 0.2) is 6.29 Å². The molecule has 1 rings (SSSR count). The maximum atomic E-state index is 10.8. The molecular formula is C11H20O4. The molecule has 1 heterocycles. The summed E-state index contributed by atoms with van der Waals surface area (Å²) in [4.78, 5) is 10.8. The van der Waals surface area contributed by atoms with E-state index in [0.717, 1.165) is 45.3 Å². The Morgan fingerprint density at radius 3 is 2.93 bits per heavy atom. The van der Waals surface area contributed by atoms with Crippen LogP contribution in [0.15, 0.2) is 0 Å². The number of ether oxygens (including phenoxy) is 3. The minimum absolute atomic E-state index is 0.0191. The van der Waals surface area contributed by atoms with E-state index in [1.54, 1.807) is 0 Å². The van der Waals surface area contributed by atoms with Gasteiger partial charge in [-0.15, -0.1) is 0 Å². The van der Waals surface area contributed by atoms with Gasteiger partial charge < -0.3 is 14.2 Å². The average molecular weight is 216 g/mol. The summed E-state index contributed by atoms with van der Waals surface area (Å²) in [7, 11) is 1.42. The Morgan fingerprint density at radius 2 is 2.27 bits per heavy atom. The van der Waals surface area contributed by atoms with E-state index in [4.69, 9.17) is 9.47 Å². The Balaban J connectivity index is 1.82. The number of hydrogen-bond acceptors (Lipinski definition) is 4. The predicted octanol–water partition coefficient (Wildman–Crippen LogP) is 1.87. The second-order valence-corrected chi connectivity index (χ2v) is 3.70. The molecule has 1 aliphatic rings. The highest BCUT2D eigenvalue weighted by molar-refractivity contribution is 5.68. The van der Waals surface area contributed by atoms with Gasteiger partial charge in [-0.05, 0) is 19.3 Å². The van der Waals surface area contributed by atoms with Crippen LogP contribution in [0.5, 0.6) is 0 Å². The monoisotopic (exact) mass is 216 g/mol. The molecule has 0 aromatic heterocycles. The van der Waals surface area contributed by atoms with Crippen molar-refractivity contribution in [3.63, 3.8) is 0 Å². The number of carbonyl (C=O) groups is 1. The lowest BCUT2D eigenvalue weighted by atomic mass is 10.2. The third kappa shape index (κ3) is 5.74. The molecule has 4 nitrogen and oxygen atoms in total. The molecule has 0 amide bonds. The SMILES string of the molecule is COC(=O)CCCCCOC1CCCO1. The van der Waals surface area contributed by atoms with Crippen LogP contribution in [0.3, 0.4) is 0 Å². The van der Waals surface area contributed by atoms with E-state index in [0.29, 0.717) is 6.42 Å². The van der Waals surface area contributed by atoms with Crippen LogP contribution in [0.2, 0.25) is 0 Å². The Hall–Kier alpha value is -0.610. The van der Waals surface area contributed by atoms with E-state index in [2.05, 4.69) is 4.74 Å². The van der Waals surface area contributed by atoms with Gasteiger partial charge in [0, 0.05) is 26.1 Å². The minimum Gasteiger partial charge on any atom is -0.469 e. The largest absolute Gasteiger partial charge is 0.469 e. The molecule has 0 aromatic rings. The van der Waals surface area contributed by atoms with E-state index < -0.39 is 0 Å². The average Bonchev–Trinajstić information content (AvgIpc) is 2.75. The number of carbonyl (C=O) groups excluding carboxylic acids is 1. The smallest absolute Gasteiger partial charge is 0.305 e. The first kappa shape index (κ1) is 12.5. The maximum absolute atomic E-state index is 10.8. The Morgan fingerprint density at radius 1 is 1.40 bits per heavy atom. The zero-order valence-electron chi connectivity index (χ0n) is 9.37. The van der Waals surface area contributed by atoms with E-state index in [9.17, 15) is 4.79 Å². The van der Waals surface area contributed by atoms with Crippen LogP contribution < -0.4 is 0 Å². The number of rotatable bonds is 7. The van der Waals surface area contributed by atoms with Gasteiger partial charge in [0.2, 0.25) is 0 Å². The molecule has 0 N–H and O–H groups in total. The van der Waals surface area contributed by atoms with Crippen LogP contribution in [0.4, 0.5) is 0 Å². The minimum atomic E-state index is -0.130. The van der Waals surface area contributed by atoms with E-state index in [1.807, 2.05) is 0 Å². The molecule has 1 unspecified atom stereocenters. The van der Waals surface area contributed by atoms with Crippen molar-refractivity contribution >= 4 is 5.97 Å². The van der Waals surface area contributed by atoms with Gasteiger partial charge in [0.1, 0.15) is 0 Å². The fourth-order valence-corrected chi connectivity index (χ4v) is 1.54. The van der Waals surface area contributed by atoms with Crippen molar-refractivity contribution in [1.82, 2.24) is 0 Å². The molecule has 0 spiro atoms. The summed E-state index contributed by atoms with van der Waals surface area (Å²) in [5.74, 6) is -0.130. The quantitative estimate of drug-likeness (QED) is 0.481. The van der Waals surface area contributed by atoms with Crippen molar-refractivity contribution < 1.29 is 19.0 Å². The third-order valence-electron chi connectivity index (χ3n) is 2.44. The summed E-state index contributed by atoms with van der Waals surface area (Å²) in [6.07, 6.45) is 5.51. The van der Waals surface area contributed by atoms with Crippen LogP contribution >= 0.6 is 0 Å². The summed E-state index contributed by atoms with van der Waals surface area (Å²) < 4.78 is 15.4. The molecule has 0 aromatic carbocycles. The first-order valence-electron chi connectivity index (χ1n) is 5.63. The van der Waals surface area contributed by atoms with E-state index in [1.165, 1.54) is 7.11 Å². The molecular weight excluding hydrogens is 196 g/mol. The van der Waals surface area contributed by atoms with Crippen LogP contribution in [0, 0.1) is 0 Å². The highest BCUT2D eigenvalue weighted by Crippen LogP contribution is 2.13. The Labute approximate surface area is 90.9 Å². The first-order valence-corrected chi connectivity index (χ1v) is 5.63. The normalized spacial score (nSPS) is 20.5. The van der Waals surface area contributed by atoms with Crippen LogP contribution in [0.1, 0.15) is 38.5 Å². The van der Waals surface area contributed by atoms with Crippen molar-refractivity contribution in [2.24, 2.45) is 0 Å². The number of hydrogen-bond donors (Lipinski definition) is 0. The van der Waals surface area contributed by atoms with Crippen molar-refractivity contribution in [2.45, 2.75) is 44.8 Å². The van der Waals surface area contributed by atoms with Crippen molar-refractivity contribution in [3.8, 4) is 0 Å². The number of methoxy groups -OCH3 is 1. The Bertz CT molecular complexity index is 175. The summed E-state index contributed by atoms with van der Waals surface area (Å²) in [6, 6.07) is 0. The summed E-state index contributed by atoms with van der Waals surface area (Å²) >= 11 is 0. The van der Waals surface area contributed by atoms with E-state index >= 15 is 0 Å².